The lowest BCUT2D eigenvalue weighted by molar-refractivity contribution is -0.120. The second kappa shape index (κ2) is 5.35. The molecule has 0 radical (unpaired) electrons. The van der Waals surface area contributed by atoms with Crippen molar-refractivity contribution in [1.82, 2.24) is 0 Å². The molecule has 0 bridgehead atoms. The molecule has 0 saturated heterocycles. The summed E-state index contributed by atoms with van der Waals surface area (Å²) >= 11 is 0. The molecule has 0 N–H and O–H groups in total. The van der Waals surface area contributed by atoms with E-state index in [1.54, 1.807) is 7.11 Å². The Hall–Kier alpha value is -0.410. The second-order valence-electron chi connectivity index (χ2n) is 3.46. The molecule has 0 aromatic carbocycles. The first-order chi connectivity index (χ1) is 6.31. The van der Waals surface area contributed by atoms with Gasteiger partial charge in [-0.05, 0) is 19.8 Å². The third-order valence-corrected chi connectivity index (χ3v) is 2.67. The van der Waals surface area contributed by atoms with Gasteiger partial charge < -0.3 is 14.3 Å². The minimum atomic E-state index is 0.0581. The number of rotatable bonds is 4. The number of carbonyl (C=O) groups is 1. The van der Waals surface area contributed by atoms with E-state index in [-0.39, 0.29) is 18.1 Å². The van der Waals surface area contributed by atoms with E-state index in [1.807, 2.05) is 6.92 Å². The number of hydrogen-bond acceptors (Lipinski definition) is 3. The Morgan fingerprint density at radius 3 is 2.77 bits per heavy atom. The van der Waals surface area contributed by atoms with Crippen LogP contribution in [-0.2, 0) is 14.3 Å². The number of methoxy groups -OCH3 is 1. The fraction of sp³-hybridized carbons (Fsp3) is 0.900. The van der Waals surface area contributed by atoms with E-state index < -0.39 is 0 Å². The van der Waals surface area contributed by atoms with Crippen LogP contribution >= 0.6 is 0 Å². The summed E-state index contributed by atoms with van der Waals surface area (Å²) in [5.41, 5.74) is 0. The van der Waals surface area contributed by atoms with E-state index >= 15 is 0 Å². The SMILES string of the molecule is CCOC1CCC(C=O)C(OC)C1. The minimum Gasteiger partial charge on any atom is -0.381 e. The summed E-state index contributed by atoms with van der Waals surface area (Å²) in [7, 11) is 1.66. The van der Waals surface area contributed by atoms with Gasteiger partial charge in [-0.25, -0.2) is 0 Å². The van der Waals surface area contributed by atoms with Crippen LogP contribution in [0.4, 0.5) is 0 Å². The molecular formula is C10H18O3. The summed E-state index contributed by atoms with van der Waals surface area (Å²) < 4.78 is 10.8. The summed E-state index contributed by atoms with van der Waals surface area (Å²) in [5, 5.41) is 0. The average Bonchev–Trinajstić information content (AvgIpc) is 2.18. The van der Waals surface area contributed by atoms with Gasteiger partial charge in [-0.1, -0.05) is 0 Å². The zero-order chi connectivity index (χ0) is 9.68. The molecule has 0 amide bonds. The molecule has 1 rings (SSSR count). The maximum Gasteiger partial charge on any atom is 0.125 e. The molecule has 3 heteroatoms. The molecule has 0 heterocycles. The summed E-state index contributed by atoms with van der Waals surface area (Å²) in [6.07, 6.45) is 4.09. The third kappa shape index (κ3) is 2.78. The summed E-state index contributed by atoms with van der Waals surface area (Å²) in [6.45, 7) is 2.74. The van der Waals surface area contributed by atoms with Crippen molar-refractivity contribution in [3.05, 3.63) is 0 Å². The molecule has 76 valence electrons. The molecule has 1 fully saturated rings. The first-order valence-electron chi connectivity index (χ1n) is 4.91. The van der Waals surface area contributed by atoms with Crippen molar-refractivity contribution in [2.24, 2.45) is 5.92 Å². The van der Waals surface area contributed by atoms with Crippen LogP contribution in [0.2, 0.25) is 0 Å². The van der Waals surface area contributed by atoms with Gasteiger partial charge in [-0.15, -0.1) is 0 Å². The Bertz CT molecular complexity index is 158. The van der Waals surface area contributed by atoms with Crippen molar-refractivity contribution in [3.63, 3.8) is 0 Å². The van der Waals surface area contributed by atoms with Crippen LogP contribution in [0.5, 0.6) is 0 Å². The molecular weight excluding hydrogens is 168 g/mol. The molecule has 1 aliphatic carbocycles. The van der Waals surface area contributed by atoms with Crippen LogP contribution in [0.25, 0.3) is 0 Å². The maximum atomic E-state index is 10.7. The van der Waals surface area contributed by atoms with Gasteiger partial charge in [0.05, 0.1) is 12.2 Å². The summed E-state index contributed by atoms with van der Waals surface area (Å²) in [6, 6.07) is 0. The van der Waals surface area contributed by atoms with E-state index in [0.717, 1.165) is 32.2 Å². The highest BCUT2D eigenvalue weighted by atomic mass is 16.5. The monoisotopic (exact) mass is 186 g/mol. The van der Waals surface area contributed by atoms with Crippen LogP contribution in [0.15, 0.2) is 0 Å². The molecule has 1 aliphatic rings. The van der Waals surface area contributed by atoms with E-state index in [2.05, 4.69) is 0 Å². The Morgan fingerprint density at radius 1 is 1.46 bits per heavy atom. The van der Waals surface area contributed by atoms with E-state index in [9.17, 15) is 4.79 Å². The average molecular weight is 186 g/mol. The zero-order valence-corrected chi connectivity index (χ0v) is 8.36. The highest BCUT2D eigenvalue weighted by molar-refractivity contribution is 5.54. The predicted octanol–water partition coefficient (Wildman–Crippen LogP) is 1.41. The lowest BCUT2D eigenvalue weighted by Crippen LogP contribution is -2.35. The minimum absolute atomic E-state index is 0.0581. The first kappa shape index (κ1) is 10.7. The second-order valence-corrected chi connectivity index (χ2v) is 3.46. The Balaban J connectivity index is 2.42. The highest BCUT2D eigenvalue weighted by Crippen LogP contribution is 2.27. The van der Waals surface area contributed by atoms with E-state index in [1.165, 1.54) is 0 Å². The summed E-state index contributed by atoms with van der Waals surface area (Å²) in [4.78, 5) is 10.7. The van der Waals surface area contributed by atoms with Gasteiger partial charge in [0, 0.05) is 26.1 Å². The molecule has 3 nitrogen and oxygen atoms in total. The first-order valence-corrected chi connectivity index (χ1v) is 4.91. The largest absolute Gasteiger partial charge is 0.381 e. The molecule has 3 atom stereocenters. The van der Waals surface area contributed by atoms with Gasteiger partial charge >= 0.3 is 0 Å². The molecule has 0 spiro atoms. The van der Waals surface area contributed by atoms with Crippen LogP contribution in [0.1, 0.15) is 26.2 Å². The van der Waals surface area contributed by atoms with Crippen LogP contribution in [0, 0.1) is 5.92 Å². The van der Waals surface area contributed by atoms with E-state index in [0.29, 0.717) is 0 Å². The fourth-order valence-electron chi connectivity index (χ4n) is 1.93. The quantitative estimate of drug-likeness (QED) is 0.623. The van der Waals surface area contributed by atoms with Crippen LogP contribution < -0.4 is 0 Å². The number of aldehydes is 1. The third-order valence-electron chi connectivity index (χ3n) is 2.67. The van der Waals surface area contributed by atoms with Gasteiger partial charge in [-0.3, -0.25) is 0 Å². The molecule has 1 saturated carbocycles. The van der Waals surface area contributed by atoms with Crippen molar-refractivity contribution < 1.29 is 14.3 Å². The lowest BCUT2D eigenvalue weighted by Gasteiger charge is -2.32. The van der Waals surface area contributed by atoms with Gasteiger partial charge in [0.15, 0.2) is 0 Å². The maximum absolute atomic E-state index is 10.7. The van der Waals surface area contributed by atoms with Gasteiger partial charge in [-0.2, -0.15) is 0 Å². The Labute approximate surface area is 79.4 Å². The van der Waals surface area contributed by atoms with E-state index in [4.69, 9.17) is 9.47 Å². The highest BCUT2D eigenvalue weighted by Gasteiger charge is 2.30. The molecule has 0 aromatic heterocycles. The lowest BCUT2D eigenvalue weighted by atomic mass is 9.85. The molecule has 13 heavy (non-hydrogen) atoms. The van der Waals surface area contributed by atoms with Crippen molar-refractivity contribution in [1.29, 1.82) is 0 Å². The normalized spacial score (nSPS) is 34.5. The number of hydrogen-bond donors (Lipinski definition) is 0. The smallest absolute Gasteiger partial charge is 0.125 e. The molecule has 3 unspecified atom stereocenters. The van der Waals surface area contributed by atoms with Crippen LogP contribution in [-0.4, -0.2) is 32.2 Å². The van der Waals surface area contributed by atoms with Crippen LogP contribution in [0.3, 0.4) is 0 Å². The number of ether oxygens (including phenoxy) is 2. The molecule has 0 aliphatic heterocycles. The zero-order valence-electron chi connectivity index (χ0n) is 8.36. The predicted molar refractivity (Wildman–Crippen MR) is 49.6 cm³/mol. The topological polar surface area (TPSA) is 35.5 Å². The van der Waals surface area contributed by atoms with Gasteiger partial charge in [0.1, 0.15) is 6.29 Å². The van der Waals surface area contributed by atoms with Gasteiger partial charge in [0.25, 0.3) is 0 Å². The van der Waals surface area contributed by atoms with Crippen molar-refractivity contribution in [3.8, 4) is 0 Å². The Morgan fingerprint density at radius 2 is 2.23 bits per heavy atom. The van der Waals surface area contributed by atoms with Crippen molar-refractivity contribution >= 4 is 6.29 Å². The molecule has 0 aromatic rings. The summed E-state index contributed by atoms with van der Waals surface area (Å²) in [5.74, 6) is 0.0710. The number of carbonyl (C=O) groups excluding carboxylic acids is 1. The Kier molecular flexibility index (Phi) is 4.39. The fourth-order valence-corrected chi connectivity index (χ4v) is 1.93. The standard InChI is InChI=1S/C10H18O3/c1-3-13-9-5-4-8(7-11)10(6-9)12-2/h7-10H,3-6H2,1-2H3. The van der Waals surface area contributed by atoms with Gasteiger partial charge in [0.2, 0.25) is 0 Å². The van der Waals surface area contributed by atoms with Crippen molar-refractivity contribution in [2.45, 2.75) is 38.4 Å². The van der Waals surface area contributed by atoms with Crippen molar-refractivity contribution in [2.75, 3.05) is 13.7 Å².